The number of rotatable bonds is 6. The van der Waals surface area contributed by atoms with Crippen LogP contribution in [0.25, 0.3) is 11.1 Å². The van der Waals surface area contributed by atoms with Crippen molar-refractivity contribution in [2.24, 2.45) is 5.16 Å². The van der Waals surface area contributed by atoms with Crippen molar-refractivity contribution in [2.75, 3.05) is 13.2 Å². The smallest absolute Gasteiger partial charge is 0.335 e. The largest absolute Gasteiger partial charge is 0.493 e. The Balaban J connectivity index is 2.20. The third kappa shape index (κ3) is 3.93. The molecule has 0 radical (unpaired) electrons. The van der Waals surface area contributed by atoms with Gasteiger partial charge in [0.25, 0.3) is 0 Å². The van der Waals surface area contributed by atoms with Crippen LogP contribution in [-0.4, -0.2) is 30.0 Å². The van der Waals surface area contributed by atoms with Crippen LogP contribution in [0, 0.1) is 0 Å². The molecular weight excluding hydrogens is 378 g/mol. The molecule has 0 spiro atoms. The first-order valence-electron chi connectivity index (χ1n) is 10.5. The minimum Gasteiger partial charge on any atom is -0.493 e. The van der Waals surface area contributed by atoms with Crippen molar-refractivity contribution < 1.29 is 19.5 Å². The van der Waals surface area contributed by atoms with Gasteiger partial charge in [0.15, 0.2) is 0 Å². The summed E-state index contributed by atoms with van der Waals surface area (Å²) in [6.07, 6.45) is 0.804. The fraction of sp³-hybridized carbons (Fsp3) is 0.440. The molecule has 1 aliphatic rings. The number of hydrogen-bond donors (Lipinski definition) is 1. The van der Waals surface area contributed by atoms with Gasteiger partial charge in [-0.15, -0.1) is 0 Å². The van der Waals surface area contributed by atoms with E-state index in [0.717, 1.165) is 29.0 Å². The molecule has 160 valence electrons. The van der Waals surface area contributed by atoms with Crippen LogP contribution in [0.5, 0.6) is 5.75 Å². The predicted octanol–water partition coefficient (Wildman–Crippen LogP) is 5.80. The topological polar surface area (TPSA) is 68.1 Å². The Labute approximate surface area is 178 Å². The van der Waals surface area contributed by atoms with Crippen molar-refractivity contribution in [1.82, 2.24) is 0 Å². The molecule has 0 bridgehead atoms. The first kappa shape index (κ1) is 21.9. The van der Waals surface area contributed by atoms with E-state index in [2.05, 4.69) is 45.0 Å². The van der Waals surface area contributed by atoms with E-state index in [1.165, 1.54) is 11.1 Å². The number of oxime groups is 1. The second kappa shape index (κ2) is 8.13. The SMILES string of the molecule is CCON=C1CC(C)(C)c2cc(-c3ccc(C(=O)O)cc3)c(OCC)cc2C1(C)C. The Morgan fingerprint density at radius 2 is 1.70 bits per heavy atom. The van der Waals surface area contributed by atoms with Gasteiger partial charge in [-0.2, -0.15) is 0 Å². The molecule has 0 heterocycles. The summed E-state index contributed by atoms with van der Waals surface area (Å²) in [7, 11) is 0. The lowest BCUT2D eigenvalue weighted by atomic mass is 9.61. The molecule has 0 aromatic heterocycles. The summed E-state index contributed by atoms with van der Waals surface area (Å²) < 4.78 is 6.03. The molecule has 1 N–H and O–H groups in total. The van der Waals surface area contributed by atoms with E-state index in [0.29, 0.717) is 13.2 Å². The Hall–Kier alpha value is -2.82. The second-order valence-electron chi connectivity index (χ2n) is 8.85. The highest BCUT2D eigenvalue weighted by Crippen LogP contribution is 2.48. The molecular formula is C25H31NO4. The van der Waals surface area contributed by atoms with E-state index in [1.54, 1.807) is 12.1 Å². The number of ether oxygens (including phenoxy) is 1. The fourth-order valence-corrected chi connectivity index (χ4v) is 4.13. The minimum absolute atomic E-state index is 0.124. The fourth-order valence-electron chi connectivity index (χ4n) is 4.13. The van der Waals surface area contributed by atoms with Crippen molar-refractivity contribution in [3.8, 4) is 16.9 Å². The average molecular weight is 410 g/mol. The molecule has 2 aromatic carbocycles. The number of aromatic carboxylic acids is 1. The number of carboxylic acids is 1. The van der Waals surface area contributed by atoms with Crippen LogP contribution < -0.4 is 4.74 Å². The van der Waals surface area contributed by atoms with Crippen LogP contribution in [-0.2, 0) is 15.7 Å². The third-order valence-electron chi connectivity index (χ3n) is 5.90. The number of nitrogens with zero attached hydrogens (tertiary/aromatic N) is 1. The van der Waals surface area contributed by atoms with Gasteiger partial charge < -0.3 is 14.7 Å². The lowest BCUT2D eigenvalue weighted by Gasteiger charge is -2.43. The first-order chi connectivity index (χ1) is 14.1. The van der Waals surface area contributed by atoms with E-state index in [-0.39, 0.29) is 16.4 Å². The van der Waals surface area contributed by atoms with Crippen molar-refractivity contribution in [3.63, 3.8) is 0 Å². The number of carboxylic acid groups (broad SMARTS) is 1. The molecule has 0 fully saturated rings. The molecule has 0 saturated carbocycles. The lowest BCUT2D eigenvalue weighted by Crippen LogP contribution is -2.42. The highest BCUT2D eigenvalue weighted by atomic mass is 16.6. The minimum atomic E-state index is -0.930. The van der Waals surface area contributed by atoms with Gasteiger partial charge in [-0.1, -0.05) is 45.0 Å². The zero-order valence-corrected chi connectivity index (χ0v) is 18.7. The summed E-state index contributed by atoms with van der Waals surface area (Å²) in [5, 5.41) is 13.7. The summed E-state index contributed by atoms with van der Waals surface area (Å²) in [4.78, 5) is 16.7. The quantitative estimate of drug-likeness (QED) is 0.612. The molecule has 0 aliphatic heterocycles. The monoisotopic (exact) mass is 409 g/mol. The lowest BCUT2D eigenvalue weighted by molar-refractivity contribution is 0.0697. The Morgan fingerprint density at radius 3 is 2.27 bits per heavy atom. The van der Waals surface area contributed by atoms with Crippen LogP contribution >= 0.6 is 0 Å². The second-order valence-corrected chi connectivity index (χ2v) is 8.85. The molecule has 3 rings (SSSR count). The van der Waals surface area contributed by atoms with E-state index < -0.39 is 5.97 Å². The summed E-state index contributed by atoms with van der Waals surface area (Å²) in [5.74, 6) is -0.137. The summed E-state index contributed by atoms with van der Waals surface area (Å²) >= 11 is 0. The Morgan fingerprint density at radius 1 is 1.03 bits per heavy atom. The maximum Gasteiger partial charge on any atom is 0.335 e. The van der Waals surface area contributed by atoms with Crippen LogP contribution in [0.15, 0.2) is 41.6 Å². The normalized spacial score (nSPS) is 18.0. The molecule has 5 nitrogen and oxygen atoms in total. The maximum absolute atomic E-state index is 11.2. The molecule has 0 amide bonds. The zero-order valence-electron chi connectivity index (χ0n) is 18.7. The Kier molecular flexibility index (Phi) is 5.93. The van der Waals surface area contributed by atoms with Gasteiger partial charge >= 0.3 is 5.97 Å². The van der Waals surface area contributed by atoms with Gasteiger partial charge in [0.1, 0.15) is 12.4 Å². The van der Waals surface area contributed by atoms with Gasteiger partial charge in [-0.25, -0.2) is 4.79 Å². The van der Waals surface area contributed by atoms with Crippen molar-refractivity contribution in [2.45, 2.75) is 58.8 Å². The summed E-state index contributed by atoms with van der Waals surface area (Å²) in [5.41, 5.74) is 5.25. The van der Waals surface area contributed by atoms with Crippen molar-refractivity contribution in [1.29, 1.82) is 0 Å². The number of hydrogen-bond acceptors (Lipinski definition) is 4. The van der Waals surface area contributed by atoms with Gasteiger partial charge in [0, 0.05) is 11.0 Å². The van der Waals surface area contributed by atoms with Gasteiger partial charge in [-0.3, -0.25) is 0 Å². The van der Waals surface area contributed by atoms with E-state index in [1.807, 2.05) is 26.0 Å². The highest BCUT2D eigenvalue weighted by Gasteiger charge is 2.43. The van der Waals surface area contributed by atoms with Crippen LogP contribution in [0.2, 0.25) is 0 Å². The molecule has 0 unspecified atom stereocenters. The molecule has 0 saturated heterocycles. The highest BCUT2D eigenvalue weighted by molar-refractivity contribution is 5.98. The van der Waals surface area contributed by atoms with Crippen molar-refractivity contribution in [3.05, 3.63) is 53.1 Å². The van der Waals surface area contributed by atoms with E-state index in [9.17, 15) is 9.90 Å². The average Bonchev–Trinajstić information content (AvgIpc) is 2.70. The van der Waals surface area contributed by atoms with Gasteiger partial charge in [0.2, 0.25) is 0 Å². The first-order valence-corrected chi connectivity index (χ1v) is 10.5. The van der Waals surface area contributed by atoms with Crippen molar-refractivity contribution >= 4 is 11.7 Å². The maximum atomic E-state index is 11.2. The number of benzene rings is 2. The zero-order chi connectivity index (χ0) is 22.1. The summed E-state index contributed by atoms with van der Waals surface area (Å²) in [6.45, 7) is 13.8. The standard InChI is InChI=1S/C25H31NO4/c1-7-29-21-14-20-19(13-18(21)16-9-11-17(12-10-16)23(27)28)24(3,4)15-22(25(20,5)6)26-30-8-2/h9-14H,7-8,15H2,1-6H3,(H,27,28). The Bertz CT molecular complexity index is 971. The summed E-state index contributed by atoms with van der Waals surface area (Å²) in [6, 6.07) is 11.3. The molecule has 5 heteroatoms. The number of carbonyl (C=O) groups is 1. The number of fused-ring (bicyclic) bond motifs is 1. The third-order valence-corrected chi connectivity index (χ3v) is 5.90. The van der Waals surface area contributed by atoms with Crippen LogP contribution in [0.1, 0.15) is 69.4 Å². The predicted molar refractivity (Wildman–Crippen MR) is 120 cm³/mol. The van der Waals surface area contributed by atoms with Crippen LogP contribution in [0.4, 0.5) is 0 Å². The molecule has 1 aliphatic carbocycles. The van der Waals surface area contributed by atoms with E-state index in [4.69, 9.17) is 9.57 Å². The van der Waals surface area contributed by atoms with Crippen LogP contribution in [0.3, 0.4) is 0 Å². The molecule has 2 aromatic rings. The van der Waals surface area contributed by atoms with Gasteiger partial charge in [-0.05, 0) is 66.6 Å². The molecule has 30 heavy (non-hydrogen) atoms. The molecule has 0 atom stereocenters. The van der Waals surface area contributed by atoms with Gasteiger partial charge in [0.05, 0.1) is 17.9 Å². The van der Waals surface area contributed by atoms with E-state index >= 15 is 0 Å².